The fraction of sp³-hybridized carbons (Fsp3) is 0.714. The summed E-state index contributed by atoms with van der Waals surface area (Å²) in [6.45, 7) is 5.92. The first-order valence-electron chi connectivity index (χ1n) is 7.11. The highest BCUT2D eigenvalue weighted by Crippen LogP contribution is 2.24. The van der Waals surface area contributed by atoms with Crippen molar-refractivity contribution in [3.8, 4) is 0 Å². The van der Waals surface area contributed by atoms with Gasteiger partial charge in [-0.15, -0.1) is 5.10 Å². The van der Waals surface area contributed by atoms with Gasteiger partial charge in [-0.1, -0.05) is 0 Å². The number of ether oxygens (including phenoxy) is 1. The Bertz CT molecular complexity index is 422. The molecule has 0 amide bonds. The standard InChI is InChI=1S/C14H22N4O/c1-11-3-4-14(16-15-11)18-7-5-12-13(6-8-18)19-10-9-17(12)2/h3-4,12-13H,5-10H2,1-2H3/t12-,13-/m0/s1. The molecule has 0 spiro atoms. The van der Waals surface area contributed by atoms with Crippen molar-refractivity contribution in [2.75, 3.05) is 38.2 Å². The predicted molar refractivity (Wildman–Crippen MR) is 74.4 cm³/mol. The molecule has 0 radical (unpaired) electrons. The largest absolute Gasteiger partial charge is 0.375 e. The van der Waals surface area contributed by atoms with E-state index in [1.54, 1.807) is 0 Å². The van der Waals surface area contributed by atoms with Crippen LogP contribution in [0.1, 0.15) is 18.5 Å². The van der Waals surface area contributed by atoms with Crippen LogP contribution in [-0.4, -0.2) is 60.5 Å². The maximum Gasteiger partial charge on any atom is 0.151 e. The van der Waals surface area contributed by atoms with Gasteiger partial charge in [0.05, 0.1) is 18.4 Å². The lowest BCUT2D eigenvalue weighted by Crippen LogP contribution is -2.49. The van der Waals surface area contributed by atoms with Crippen molar-refractivity contribution in [2.45, 2.75) is 31.9 Å². The number of hydrogen-bond acceptors (Lipinski definition) is 5. The average molecular weight is 262 g/mol. The molecule has 1 aromatic rings. The zero-order valence-corrected chi connectivity index (χ0v) is 11.7. The topological polar surface area (TPSA) is 41.5 Å². The Morgan fingerprint density at radius 3 is 2.79 bits per heavy atom. The van der Waals surface area contributed by atoms with Gasteiger partial charge in [0.2, 0.25) is 0 Å². The normalized spacial score (nSPS) is 28.8. The van der Waals surface area contributed by atoms with Crippen molar-refractivity contribution < 1.29 is 4.74 Å². The van der Waals surface area contributed by atoms with Crippen LogP contribution in [0.25, 0.3) is 0 Å². The van der Waals surface area contributed by atoms with E-state index in [9.17, 15) is 0 Å². The van der Waals surface area contributed by atoms with Gasteiger partial charge in [0.1, 0.15) is 0 Å². The van der Waals surface area contributed by atoms with Gasteiger partial charge in [-0.25, -0.2) is 0 Å². The Hall–Kier alpha value is -1.20. The zero-order chi connectivity index (χ0) is 13.2. The number of hydrogen-bond donors (Lipinski definition) is 0. The highest BCUT2D eigenvalue weighted by molar-refractivity contribution is 5.37. The number of aryl methyl sites for hydroxylation is 1. The van der Waals surface area contributed by atoms with Gasteiger partial charge in [0.15, 0.2) is 5.82 Å². The quantitative estimate of drug-likeness (QED) is 0.757. The summed E-state index contributed by atoms with van der Waals surface area (Å²) in [6.07, 6.45) is 2.59. The van der Waals surface area contributed by atoms with Gasteiger partial charge >= 0.3 is 0 Å². The van der Waals surface area contributed by atoms with Gasteiger partial charge in [-0.05, 0) is 38.9 Å². The third-order valence-electron chi connectivity index (χ3n) is 4.26. The van der Waals surface area contributed by atoms with Gasteiger partial charge in [0.25, 0.3) is 0 Å². The van der Waals surface area contributed by atoms with Gasteiger partial charge in [-0.2, -0.15) is 5.10 Å². The highest BCUT2D eigenvalue weighted by Gasteiger charge is 2.33. The summed E-state index contributed by atoms with van der Waals surface area (Å²) < 4.78 is 5.93. The Morgan fingerprint density at radius 1 is 1.16 bits per heavy atom. The van der Waals surface area contributed by atoms with Crippen LogP contribution in [0.5, 0.6) is 0 Å². The maximum atomic E-state index is 5.93. The Balaban J connectivity index is 1.71. The fourth-order valence-corrected chi connectivity index (χ4v) is 3.06. The summed E-state index contributed by atoms with van der Waals surface area (Å²) >= 11 is 0. The number of nitrogens with zero attached hydrogens (tertiary/aromatic N) is 4. The van der Waals surface area contributed by atoms with Crippen molar-refractivity contribution in [3.05, 3.63) is 17.8 Å². The smallest absolute Gasteiger partial charge is 0.151 e. The molecule has 0 unspecified atom stereocenters. The summed E-state index contributed by atoms with van der Waals surface area (Å²) in [4.78, 5) is 4.78. The Morgan fingerprint density at radius 2 is 2.00 bits per heavy atom. The second kappa shape index (κ2) is 5.43. The molecule has 0 N–H and O–H groups in total. The molecule has 0 saturated carbocycles. The molecule has 0 aliphatic carbocycles. The van der Waals surface area contributed by atoms with E-state index in [2.05, 4.69) is 33.1 Å². The molecule has 5 heteroatoms. The molecular formula is C14H22N4O. The van der Waals surface area contributed by atoms with E-state index in [0.29, 0.717) is 12.1 Å². The summed E-state index contributed by atoms with van der Waals surface area (Å²) in [6, 6.07) is 4.65. The van der Waals surface area contributed by atoms with Gasteiger partial charge in [-0.3, -0.25) is 4.90 Å². The molecule has 104 valence electrons. The fourth-order valence-electron chi connectivity index (χ4n) is 3.06. The molecular weight excluding hydrogens is 240 g/mol. The maximum absolute atomic E-state index is 5.93. The third kappa shape index (κ3) is 2.72. The minimum atomic E-state index is 0.377. The zero-order valence-electron chi connectivity index (χ0n) is 11.7. The van der Waals surface area contributed by atoms with Crippen LogP contribution in [-0.2, 0) is 4.74 Å². The number of fused-ring (bicyclic) bond motifs is 1. The van der Waals surface area contributed by atoms with E-state index < -0.39 is 0 Å². The van der Waals surface area contributed by atoms with E-state index in [1.807, 2.05) is 13.0 Å². The second-order valence-corrected chi connectivity index (χ2v) is 5.55. The average Bonchev–Trinajstić information content (AvgIpc) is 2.63. The molecule has 0 aromatic carbocycles. The Kier molecular flexibility index (Phi) is 3.66. The number of anilines is 1. The second-order valence-electron chi connectivity index (χ2n) is 5.55. The number of morpholine rings is 1. The minimum absolute atomic E-state index is 0.377. The van der Waals surface area contributed by atoms with Gasteiger partial charge < -0.3 is 9.64 Å². The Labute approximate surface area is 114 Å². The summed E-state index contributed by atoms with van der Waals surface area (Å²) in [5.41, 5.74) is 0.968. The first-order valence-corrected chi connectivity index (χ1v) is 7.11. The molecule has 2 fully saturated rings. The molecule has 2 aliphatic heterocycles. The number of aromatic nitrogens is 2. The van der Waals surface area contributed by atoms with Crippen LogP contribution in [0, 0.1) is 6.92 Å². The van der Waals surface area contributed by atoms with E-state index in [1.165, 1.54) is 0 Å². The lowest BCUT2D eigenvalue weighted by Gasteiger charge is -2.37. The summed E-state index contributed by atoms with van der Waals surface area (Å²) in [5, 5.41) is 8.46. The third-order valence-corrected chi connectivity index (χ3v) is 4.26. The molecule has 2 saturated heterocycles. The molecule has 0 bridgehead atoms. The van der Waals surface area contributed by atoms with Crippen LogP contribution < -0.4 is 4.90 Å². The lowest BCUT2D eigenvalue weighted by molar-refractivity contribution is -0.0616. The number of rotatable bonds is 1. The van der Waals surface area contributed by atoms with Crippen molar-refractivity contribution in [3.63, 3.8) is 0 Å². The SMILES string of the molecule is Cc1ccc(N2CC[C@@H]3OCCN(C)[C@H]3CC2)nn1. The van der Waals surface area contributed by atoms with Crippen molar-refractivity contribution >= 4 is 5.82 Å². The monoisotopic (exact) mass is 262 g/mol. The van der Waals surface area contributed by atoms with Crippen LogP contribution in [0.2, 0.25) is 0 Å². The van der Waals surface area contributed by atoms with E-state index >= 15 is 0 Å². The number of likely N-dealkylation sites (N-methyl/N-ethyl adjacent to an activating group) is 1. The summed E-state index contributed by atoms with van der Waals surface area (Å²) in [7, 11) is 2.21. The minimum Gasteiger partial charge on any atom is -0.375 e. The van der Waals surface area contributed by atoms with E-state index in [-0.39, 0.29) is 0 Å². The molecule has 2 aliphatic rings. The molecule has 19 heavy (non-hydrogen) atoms. The van der Waals surface area contributed by atoms with E-state index in [0.717, 1.165) is 50.6 Å². The molecule has 1 aromatic heterocycles. The first kappa shape index (κ1) is 12.8. The molecule has 3 heterocycles. The van der Waals surface area contributed by atoms with E-state index in [4.69, 9.17) is 4.74 Å². The van der Waals surface area contributed by atoms with Crippen LogP contribution in [0.3, 0.4) is 0 Å². The summed E-state index contributed by atoms with van der Waals surface area (Å²) in [5.74, 6) is 0.993. The molecule has 2 atom stereocenters. The van der Waals surface area contributed by atoms with Gasteiger partial charge in [0, 0.05) is 25.7 Å². The first-order chi connectivity index (χ1) is 9.24. The van der Waals surface area contributed by atoms with Crippen molar-refractivity contribution in [2.24, 2.45) is 0 Å². The lowest BCUT2D eigenvalue weighted by atomic mass is 10.0. The van der Waals surface area contributed by atoms with Crippen LogP contribution in [0.15, 0.2) is 12.1 Å². The highest BCUT2D eigenvalue weighted by atomic mass is 16.5. The van der Waals surface area contributed by atoms with Crippen LogP contribution in [0.4, 0.5) is 5.82 Å². The predicted octanol–water partition coefficient (Wildman–Crippen LogP) is 1.08. The molecule has 3 rings (SSSR count). The van der Waals surface area contributed by atoms with Crippen LogP contribution >= 0.6 is 0 Å². The van der Waals surface area contributed by atoms with Crippen molar-refractivity contribution in [1.29, 1.82) is 0 Å². The molecule has 5 nitrogen and oxygen atoms in total. The van der Waals surface area contributed by atoms with Crippen molar-refractivity contribution in [1.82, 2.24) is 15.1 Å².